The lowest BCUT2D eigenvalue weighted by molar-refractivity contribution is -0.151. The zero-order valence-electron chi connectivity index (χ0n) is 22.7. The number of carbonyl (C=O) groups is 4. The largest absolute Gasteiger partial charge is 0.460 e. The number of ether oxygens (including phenoxy) is 1. The minimum Gasteiger partial charge on any atom is -0.460 e. The molecular formula is C32H25NO8. The molecule has 2 aromatic heterocycles. The summed E-state index contributed by atoms with van der Waals surface area (Å²) < 4.78 is 17.1. The molecule has 3 aliphatic rings. The second-order valence-electron chi connectivity index (χ2n) is 11.3. The van der Waals surface area contributed by atoms with Crippen molar-refractivity contribution in [3.8, 4) is 0 Å². The fraction of sp³-hybridized carbons (Fsp3) is 0.281. The first-order valence-electron chi connectivity index (χ1n) is 13.4. The number of anilines is 1. The van der Waals surface area contributed by atoms with E-state index in [1.165, 1.54) is 12.3 Å². The molecule has 206 valence electrons. The lowest BCUT2D eigenvalue weighted by atomic mass is 9.60. The van der Waals surface area contributed by atoms with Gasteiger partial charge in [0.25, 0.3) is 0 Å². The van der Waals surface area contributed by atoms with E-state index in [0.29, 0.717) is 62.8 Å². The minimum atomic E-state index is -1.07. The molecule has 0 unspecified atom stereocenters. The van der Waals surface area contributed by atoms with E-state index in [9.17, 15) is 24.0 Å². The van der Waals surface area contributed by atoms with Gasteiger partial charge < -0.3 is 18.5 Å². The van der Waals surface area contributed by atoms with E-state index in [4.69, 9.17) is 13.6 Å². The Labute approximate surface area is 233 Å². The van der Waals surface area contributed by atoms with Gasteiger partial charge in [0.05, 0.1) is 17.4 Å². The molecule has 0 saturated heterocycles. The van der Waals surface area contributed by atoms with Gasteiger partial charge in [0.1, 0.15) is 18.0 Å². The van der Waals surface area contributed by atoms with Crippen LogP contribution in [0, 0.1) is 0 Å². The molecule has 0 fully saturated rings. The van der Waals surface area contributed by atoms with Crippen LogP contribution in [-0.2, 0) is 27.8 Å². The van der Waals surface area contributed by atoms with Gasteiger partial charge in [-0.05, 0) is 42.2 Å². The molecule has 0 spiro atoms. The Bertz CT molecular complexity index is 1930. The predicted octanol–water partition coefficient (Wildman–Crippen LogP) is 4.17. The van der Waals surface area contributed by atoms with Crippen molar-refractivity contribution in [2.75, 3.05) is 19.0 Å². The van der Waals surface area contributed by atoms with Crippen molar-refractivity contribution in [3.05, 3.63) is 97.8 Å². The van der Waals surface area contributed by atoms with E-state index in [1.54, 1.807) is 24.3 Å². The van der Waals surface area contributed by atoms with Crippen LogP contribution in [-0.4, -0.2) is 43.5 Å². The lowest BCUT2D eigenvalue weighted by Crippen LogP contribution is -2.49. The molecule has 0 N–H and O–H groups in total. The van der Waals surface area contributed by atoms with Gasteiger partial charge in [-0.25, -0.2) is 4.79 Å². The van der Waals surface area contributed by atoms with E-state index in [0.717, 1.165) is 5.69 Å². The Hall–Kier alpha value is -4.79. The summed E-state index contributed by atoms with van der Waals surface area (Å²) in [6.45, 7) is 1.85. The number of nitrogens with zero attached hydrogens (tertiary/aromatic N) is 1. The molecule has 0 saturated carbocycles. The molecule has 0 amide bonds. The van der Waals surface area contributed by atoms with Crippen LogP contribution in [0.5, 0.6) is 0 Å². The van der Waals surface area contributed by atoms with Gasteiger partial charge in [0.2, 0.25) is 5.78 Å². The van der Waals surface area contributed by atoms with Gasteiger partial charge in [-0.1, -0.05) is 12.1 Å². The second kappa shape index (κ2) is 8.60. The maximum Gasteiger partial charge on any atom is 0.336 e. The molecule has 41 heavy (non-hydrogen) atoms. The third-order valence-electron chi connectivity index (χ3n) is 8.77. The topological polar surface area (TPSA) is 124 Å². The number of benzene rings is 2. The summed E-state index contributed by atoms with van der Waals surface area (Å²) in [5, 5.41) is 0.603. The van der Waals surface area contributed by atoms with Crippen LogP contribution < -0.4 is 10.5 Å². The molecule has 0 aliphatic heterocycles. The average Bonchev–Trinajstić information content (AvgIpc) is 3.55. The van der Waals surface area contributed by atoms with E-state index < -0.39 is 23.1 Å². The number of hydrogen-bond donors (Lipinski definition) is 0. The highest BCUT2D eigenvalue weighted by atomic mass is 16.5. The average molecular weight is 552 g/mol. The van der Waals surface area contributed by atoms with Gasteiger partial charge in [0.15, 0.2) is 17.3 Å². The van der Waals surface area contributed by atoms with Crippen molar-refractivity contribution < 1.29 is 32.7 Å². The smallest absolute Gasteiger partial charge is 0.336 e. The molecular weight excluding hydrogens is 526 g/mol. The molecule has 9 nitrogen and oxygen atoms in total. The number of hydrogen-bond acceptors (Lipinski definition) is 9. The first kappa shape index (κ1) is 25.2. The normalized spacial score (nSPS) is 20.6. The summed E-state index contributed by atoms with van der Waals surface area (Å²) in [6.07, 6.45) is 0.778. The van der Waals surface area contributed by atoms with Crippen LogP contribution in [0.1, 0.15) is 78.9 Å². The molecule has 3 aliphatic carbocycles. The molecule has 2 heterocycles. The predicted molar refractivity (Wildman–Crippen MR) is 147 cm³/mol. The maximum absolute atomic E-state index is 13.6. The molecule has 2 atom stereocenters. The van der Waals surface area contributed by atoms with Crippen molar-refractivity contribution in [2.45, 2.75) is 44.1 Å². The van der Waals surface area contributed by atoms with Crippen molar-refractivity contribution in [3.63, 3.8) is 0 Å². The number of ketones is 3. The standard InChI is InChI=1S/C32H25NO8/c1-32-21-8-6-18-19(7-9-22(18)34)28(21)30(38)31-29(32)20(14-39-31)23(35)13-25(32)41-27(37)11-15-10-26(36)40-24-12-16(33(2)3)4-5-17(15)24/h4-6,8,10,12,14,25H,7,9,11,13H2,1-3H3/t25-,32+/m1/s1. The van der Waals surface area contributed by atoms with Crippen molar-refractivity contribution in [2.24, 2.45) is 0 Å². The Balaban J connectivity index is 1.29. The van der Waals surface area contributed by atoms with Crippen LogP contribution in [0.15, 0.2) is 56.3 Å². The van der Waals surface area contributed by atoms with E-state index in [1.807, 2.05) is 32.0 Å². The number of rotatable bonds is 4. The summed E-state index contributed by atoms with van der Waals surface area (Å²) in [5.41, 5.74) is 2.87. The van der Waals surface area contributed by atoms with Crippen molar-refractivity contribution in [1.29, 1.82) is 0 Å². The molecule has 0 bridgehead atoms. The van der Waals surface area contributed by atoms with Crippen LogP contribution >= 0.6 is 0 Å². The monoisotopic (exact) mass is 551 g/mol. The fourth-order valence-corrected chi connectivity index (χ4v) is 6.70. The van der Waals surface area contributed by atoms with Crippen LogP contribution in [0.3, 0.4) is 0 Å². The molecule has 0 radical (unpaired) electrons. The van der Waals surface area contributed by atoms with Crippen molar-refractivity contribution in [1.82, 2.24) is 0 Å². The highest BCUT2D eigenvalue weighted by Gasteiger charge is 2.55. The van der Waals surface area contributed by atoms with E-state index in [2.05, 4.69) is 0 Å². The number of esters is 1. The summed E-state index contributed by atoms with van der Waals surface area (Å²) in [4.78, 5) is 67.0. The summed E-state index contributed by atoms with van der Waals surface area (Å²) in [7, 11) is 3.74. The van der Waals surface area contributed by atoms with Gasteiger partial charge in [-0.15, -0.1) is 0 Å². The molecule has 7 rings (SSSR count). The summed E-state index contributed by atoms with van der Waals surface area (Å²) in [5.74, 6) is -1.27. The second-order valence-corrected chi connectivity index (χ2v) is 11.3. The zero-order valence-corrected chi connectivity index (χ0v) is 22.7. The summed E-state index contributed by atoms with van der Waals surface area (Å²) in [6, 6.07) is 10.1. The van der Waals surface area contributed by atoms with Gasteiger partial charge >= 0.3 is 11.6 Å². The summed E-state index contributed by atoms with van der Waals surface area (Å²) >= 11 is 0. The third-order valence-corrected chi connectivity index (χ3v) is 8.77. The Morgan fingerprint density at radius 1 is 1.02 bits per heavy atom. The fourth-order valence-electron chi connectivity index (χ4n) is 6.70. The highest BCUT2D eigenvalue weighted by molar-refractivity contribution is 6.17. The SMILES string of the molecule is CN(C)c1ccc2c(CC(=O)O[C@@H]3CC(=O)c4coc5c4[C@@]3(C)c3ccc4c(c3C5=O)CCC4=O)cc(=O)oc2c1. The van der Waals surface area contributed by atoms with E-state index >= 15 is 0 Å². The molecule has 2 aromatic carbocycles. The minimum absolute atomic E-state index is 0.0225. The van der Waals surface area contributed by atoms with Crippen molar-refractivity contribution >= 4 is 40.0 Å². The Morgan fingerprint density at radius 2 is 1.83 bits per heavy atom. The quantitative estimate of drug-likeness (QED) is 0.271. The zero-order chi connectivity index (χ0) is 28.8. The van der Waals surface area contributed by atoms with Crippen LogP contribution in [0.4, 0.5) is 5.69 Å². The van der Waals surface area contributed by atoms with Gasteiger partial charge in [0, 0.05) is 66.8 Å². The first-order chi connectivity index (χ1) is 19.6. The number of furan rings is 1. The number of fused-ring (bicyclic) bond motifs is 5. The van der Waals surface area contributed by atoms with Gasteiger partial charge in [-0.3, -0.25) is 19.2 Å². The molecule has 4 aromatic rings. The molecule has 9 heteroatoms. The van der Waals surface area contributed by atoms with Gasteiger partial charge in [-0.2, -0.15) is 0 Å². The Kier molecular flexibility index (Phi) is 5.29. The lowest BCUT2D eigenvalue weighted by Gasteiger charge is -2.43. The highest BCUT2D eigenvalue weighted by Crippen LogP contribution is 2.52. The van der Waals surface area contributed by atoms with E-state index in [-0.39, 0.29) is 36.0 Å². The maximum atomic E-state index is 13.6. The number of carbonyl (C=O) groups excluding carboxylic acids is 4. The van der Waals surface area contributed by atoms with Crippen LogP contribution in [0.25, 0.3) is 11.0 Å². The Morgan fingerprint density at radius 3 is 2.61 bits per heavy atom. The number of Topliss-reactive ketones (excluding diaryl/α,β-unsaturated/α-hetero) is 2. The first-order valence-corrected chi connectivity index (χ1v) is 13.4. The third kappa shape index (κ3) is 3.51. The van der Waals surface area contributed by atoms with Crippen LogP contribution in [0.2, 0.25) is 0 Å².